The van der Waals surface area contributed by atoms with E-state index in [0.717, 1.165) is 5.69 Å². The Balaban J connectivity index is 2.32. The third-order valence-corrected chi connectivity index (χ3v) is 3.22. The van der Waals surface area contributed by atoms with Crippen LogP contribution in [0.5, 0.6) is 0 Å². The molecule has 0 aliphatic rings. The van der Waals surface area contributed by atoms with Gasteiger partial charge in [0.1, 0.15) is 10.8 Å². The van der Waals surface area contributed by atoms with Crippen LogP contribution in [0.25, 0.3) is 0 Å². The minimum Gasteiger partial charge on any atom is -0.389 e. The van der Waals surface area contributed by atoms with Crippen LogP contribution in [0.1, 0.15) is 11.1 Å². The maximum Gasteiger partial charge on any atom is 0.269 e. The van der Waals surface area contributed by atoms with Gasteiger partial charge in [-0.25, -0.2) is 9.07 Å². The molecular weight excluding hydrogens is 291 g/mol. The maximum absolute atomic E-state index is 13.5. The summed E-state index contributed by atoms with van der Waals surface area (Å²) in [7, 11) is 3.66. The van der Waals surface area contributed by atoms with Crippen molar-refractivity contribution in [1.82, 2.24) is 9.78 Å². The lowest BCUT2D eigenvalue weighted by molar-refractivity contribution is 0.616. The molecule has 1 aromatic carbocycles. The summed E-state index contributed by atoms with van der Waals surface area (Å²) in [5, 5.41) is 4.10. The van der Waals surface area contributed by atoms with Gasteiger partial charge in [-0.1, -0.05) is 18.3 Å². The van der Waals surface area contributed by atoms with E-state index in [1.54, 1.807) is 17.2 Å². The average Bonchev–Trinajstić information content (AvgIpc) is 2.42. The Morgan fingerprint density at radius 2 is 2.14 bits per heavy atom. The normalized spacial score (nSPS) is 10.4. The summed E-state index contributed by atoms with van der Waals surface area (Å²) in [4.78, 5) is 13.8. The van der Waals surface area contributed by atoms with Crippen molar-refractivity contribution in [1.29, 1.82) is 0 Å². The molecule has 21 heavy (non-hydrogen) atoms. The first-order chi connectivity index (χ1) is 9.88. The fourth-order valence-corrected chi connectivity index (χ4v) is 1.98. The summed E-state index contributed by atoms with van der Waals surface area (Å²) in [6.07, 6.45) is 1.60. The number of hydrogen-bond acceptors (Lipinski definition) is 4. The fourth-order valence-electron chi connectivity index (χ4n) is 1.82. The topological polar surface area (TPSA) is 64.2 Å². The Morgan fingerprint density at radius 1 is 1.43 bits per heavy atom. The van der Waals surface area contributed by atoms with Gasteiger partial charge in [-0.3, -0.25) is 4.79 Å². The molecule has 0 fully saturated rings. The zero-order valence-electron chi connectivity index (χ0n) is 11.7. The lowest BCUT2D eigenvalue weighted by Crippen LogP contribution is -2.24. The molecule has 0 spiro atoms. The van der Waals surface area contributed by atoms with Crippen molar-refractivity contribution in [2.75, 3.05) is 19.0 Å². The summed E-state index contributed by atoms with van der Waals surface area (Å²) >= 11 is 4.79. The lowest BCUT2D eigenvalue weighted by Gasteiger charge is -2.12. The molecular formula is C14H15FN4OS. The van der Waals surface area contributed by atoms with Gasteiger partial charge in [-0.15, -0.1) is 0 Å². The largest absolute Gasteiger partial charge is 0.389 e. The number of nitrogens with two attached hydrogens (primary N) is 1. The van der Waals surface area contributed by atoms with Gasteiger partial charge in [0, 0.05) is 25.7 Å². The number of anilines is 1. The second-order valence-corrected chi connectivity index (χ2v) is 5.22. The van der Waals surface area contributed by atoms with E-state index in [1.165, 1.54) is 22.9 Å². The molecule has 2 rings (SSSR count). The molecule has 2 aromatic rings. The zero-order valence-corrected chi connectivity index (χ0v) is 12.5. The van der Waals surface area contributed by atoms with Crippen LogP contribution in [0.3, 0.4) is 0 Å². The Bertz CT molecular complexity index is 742. The van der Waals surface area contributed by atoms with Crippen LogP contribution in [-0.4, -0.2) is 28.9 Å². The lowest BCUT2D eigenvalue weighted by atomic mass is 10.1. The second-order valence-electron chi connectivity index (χ2n) is 4.78. The smallest absolute Gasteiger partial charge is 0.269 e. The predicted molar refractivity (Wildman–Crippen MR) is 84.2 cm³/mol. The highest BCUT2D eigenvalue weighted by Gasteiger charge is 2.08. The summed E-state index contributed by atoms with van der Waals surface area (Å²) in [5.74, 6) is -0.477. The number of rotatable bonds is 4. The average molecular weight is 306 g/mol. The molecule has 0 amide bonds. The first-order valence-corrected chi connectivity index (χ1v) is 6.62. The van der Waals surface area contributed by atoms with E-state index in [1.807, 2.05) is 14.1 Å². The molecule has 2 N–H and O–H groups in total. The molecule has 0 saturated heterocycles. The third-order valence-electron chi connectivity index (χ3n) is 3.00. The van der Waals surface area contributed by atoms with E-state index in [9.17, 15) is 9.18 Å². The van der Waals surface area contributed by atoms with Crippen LogP contribution < -0.4 is 16.2 Å². The molecule has 0 aliphatic heterocycles. The van der Waals surface area contributed by atoms with Crippen molar-refractivity contribution < 1.29 is 4.39 Å². The Hall–Kier alpha value is -2.28. The number of thiocarbonyl (C=S) groups is 1. The van der Waals surface area contributed by atoms with E-state index < -0.39 is 5.82 Å². The number of nitrogens with zero attached hydrogens (tertiary/aromatic N) is 3. The van der Waals surface area contributed by atoms with Gasteiger partial charge in [-0.2, -0.15) is 5.10 Å². The monoisotopic (exact) mass is 306 g/mol. The van der Waals surface area contributed by atoms with Crippen LogP contribution in [0.2, 0.25) is 0 Å². The van der Waals surface area contributed by atoms with E-state index in [2.05, 4.69) is 5.10 Å². The van der Waals surface area contributed by atoms with Crippen molar-refractivity contribution in [3.05, 3.63) is 57.8 Å². The standard InChI is InChI=1S/C14H15FN4OS/c1-18(2)10-6-13(20)19(17-7-10)8-9-3-4-12(15)11(5-9)14(16)21/h3-7H,8H2,1-2H3,(H2,16,21). The van der Waals surface area contributed by atoms with Gasteiger partial charge in [0.25, 0.3) is 5.56 Å². The van der Waals surface area contributed by atoms with E-state index in [0.29, 0.717) is 5.56 Å². The summed E-state index contributed by atoms with van der Waals surface area (Å²) in [6.45, 7) is 0.225. The number of halogens is 1. The van der Waals surface area contributed by atoms with Crippen molar-refractivity contribution in [2.24, 2.45) is 5.73 Å². The van der Waals surface area contributed by atoms with Crippen molar-refractivity contribution in [3.8, 4) is 0 Å². The van der Waals surface area contributed by atoms with E-state index >= 15 is 0 Å². The first kappa shape index (κ1) is 15.1. The third kappa shape index (κ3) is 3.43. The van der Waals surface area contributed by atoms with Crippen LogP contribution in [0.15, 0.2) is 35.3 Å². The molecule has 0 bridgehead atoms. The summed E-state index contributed by atoms with van der Waals surface area (Å²) in [6, 6.07) is 5.88. The number of hydrogen-bond donors (Lipinski definition) is 1. The van der Waals surface area contributed by atoms with E-state index in [-0.39, 0.29) is 22.7 Å². The van der Waals surface area contributed by atoms with Crippen LogP contribution in [-0.2, 0) is 6.54 Å². The van der Waals surface area contributed by atoms with Gasteiger partial charge in [0.15, 0.2) is 0 Å². The molecule has 0 radical (unpaired) electrons. The highest BCUT2D eigenvalue weighted by atomic mass is 32.1. The summed E-state index contributed by atoms with van der Waals surface area (Å²) < 4.78 is 14.8. The fraction of sp³-hybridized carbons (Fsp3) is 0.214. The van der Waals surface area contributed by atoms with Crippen molar-refractivity contribution in [3.63, 3.8) is 0 Å². The SMILES string of the molecule is CN(C)c1cnn(Cc2ccc(F)c(C(N)=S)c2)c(=O)c1. The van der Waals surface area contributed by atoms with Crippen LogP contribution in [0, 0.1) is 5.82 Å². The summed E-state index contributed by atoms with van der Waals surface area (Å²) in [5.41, 5.74) is 6.82. The quantitative estimate of drug-likeness (QED) is 0.858. The minimum atomic E-state index is -0.477. The van der Waals surface area contributed by atoms with Gasteiger partial charge in [0.05, 0.1) is 18.4 Å². The molecule has 1 heterocycles. The highest BCUT2D eigenvalue weighted by Crippen LogP contribution is 2.11. The predicted octanol–water partition coefficient (Wildman–Crippen LogP) is 1.13. The number of benzene rings is 1. The second kappa shape index (κ2) is 6.01. The maximum atomic E-state index is 13.5. The molecule has 110 valence electrons. The van der Waals surface area contributed by atoms with Crippen molar-refractivity contribution >= 4 is 22.9 Å². The molecule has 7 heteroatoms. The Morgan fingerprint density at radius 3 is 2.71 bits per heavy atom. The molecule has 0 unspecified atom stereocenters. The molecule has 0 saturated carbocycles. The molecule has 0 atom stereocenters. The zero-order chi connectivity index (χ0) is 15.6. The Kier molecular flexibility index (Phi) is 4.32. The van der Waals surface area contributed by atoms with Crippen LogP contribution in [0.4, 0.5) is 10.1 Å². The minimum absolute atomic E-state index is 0.0161. The van der Waals surface area contributed by atoms with Gasteiger partial charge in [0.2, 0.25) is 0 Å². The highest BCUT2D eigenvalue weighted by molar-refractivity contribution is 7.80. The van der Waals surface area contributed by atoms with Gasteiger partial charge >= 0.3 is 0 Å². The van der Waals surface area contributed by atoms with Gasteiger partial charge < -0.3 is 10.6 Å². The molecule has 1 aromatic heterocycles. The van der Waals surface area contributed by atoms with E-state index in [4.69, 9.17) is 18.0 Å². The van der Waals surface area contributed by atoms with Gasteiger partial charge in [-0.05, 0) is 17.7 Å². The molecule has 5 nitrogen and oxygen atoms in total. The van der Waals surface area contributed by atoms with Crippen molar-refractivity contribution in [2.45, 2.75) is 6.54 Å². The molecule has 0 aliphatic carbocycles. The number of aromatic nitrogens is 2. The Labute approximate surface area is 126 Å². The first-order valence-electron chi connectivity index (χ1n) is 6.21. The van der Waals surface area contributed by atoms with Crippen LogP contribution >= 0.6 is 12.2 Å².